The smallest absolute Gasteiger partial charge is 0.315 e. The molecular formula is C15H22N2O3. The monoisotopic (exact) mass is 278 g/mol. The average Bonchev–Trinajstić information content (AvgIpc) is 2.42. The maximum Gasteiger partial charge on any atom is 0.315 e. The van der Waals surface area contributed by atoms with Gasteiger partial charge in [0, 0.05) is 13.1 Å². The van der Waals surface area contributed by atoms with Crippen LogP contribution in [0.25, 0.3) is 0 Å². The molecule has 0 saturated carbocycles. The number of hydrogen-bond donors (Lipinski definition) is 3. The molecule has 0 aromatic heterocycles. The molecule has 0 bridgehead atoms. The standard InChI is InChI=1S/C15H22N2O3/c1-3-6-13(14(18)19)10-17-15(20)16-9-12-8-5-4-7-11(12)2/h4-5,7-8,13H,3,6,9-10H2,1-2H3,(H,18,19)(H2,16,17,20). The van der Waals surface area contributed by atoms with Crippen LogP contribution in [0, 0.1) is 12.8 Å². The topological polar surface area (TPSA) is 78.4 Å². The number of carboxylic acid groups (broad SMARTS) is 1. The van der Waals surface area contributed by atoms with E-state index in [0.717, 1.165) is 17.5 Å². The van der Waals surface area contributed by atoms with E-state index in [1.807, 2.05) is 38.1 Å². The third kappa shape index (κ3) is 5.30. The highest BCUT2D eigenvalue weighted by atomic mass is 16.4. The largest absolute Gasteiger partial charge is 0.481 e. The fourth-order valence-corrected chi connectivity index (χ4v) is 1.92. The first-order valence-electron chi connectivity index (χ1n) is 6.83. The molecule has 0 heterocycles. The zero-order valence-electron chi connectivity index (χ0n) is 12.0. The fraction of sp³-hybridized carbons (Fsp3) is 0.467. The maximum atomic E-state index is 11.6. The van der Waals surface area contributed by atoms with Crippen molar-refractivity contribution >= 4 is 12.0 Å². The fourth-order valence-electron chi connectivity index (χ4n) is 1.92. The summed E-state index contributed by atoms with van der Waals surface area (Å²) in [4.78, 5) is 22.6. The third-order valence-corrected chi connectivity index (χ3v) is 3.20. The summed E-state index contributed by atoms with van der Waals surface area (Å²) in [6.45, 7) is 4.50. The molecule has 1 unspecified atom stereocenters. The zero-order valence-corrected chi connectivity index (χ0v) is 12.0. The molecule has 5 heteroatoms. The Balaban J connectivity index is 2.37. The quantitative estimate of drug-likeness (QED) is 0.716. The van der Waals surface area contributed by atoms with Gasteiger partial charge in [0.1, 0.15) is 0 Å². The molecule has 0 radical (unpaired) electrons. The first-order chi connectivity index (χ1) is 9.54. The molecule has 110 valence electrons. The van der Waals surface area contributed by atoms with E-state index in [-0.39, 0.29) is 12.6 Å². The summed E-state index contributed by atoms with van der Waals surface area (Å²) < 4.78 is 0. The second kappa shape index (κ2) is 8.19. The molecule has 3 N–H and O–H groups in total. The lowest BCUT2D eigenvalue weighted by molar-refractivity contribution is -0.141. The van der Waals surface area contributed by atoms with Crippen molar-refractivity contribution in [1.29, 1.82) is 0 Å². The van der Waals surface area contributed by atoms with Gasteiger partial charge in [-0.25, -0.2) is 4.79 Å². The molecule has 20 heavy (non-hydrogen) atoms. The van der Waals surface area contributed by atoms with Gasteiger partial charge in [-0.05, 0) is 24.5 Å². The van der Waals surface area contributed by atoms with E-state index in [4.69, 9.17) is 5.11 Å². The highest BCUT2D eigenvalue weighted by Gasteiger charge is 2.16. The highest BCUT2D eigenvalue weighted by molar-refractivity contribution is 5.75. The van der Waals surface area contributed by atoms with Crippen LogP contribution in [0.1, 0.15) is 30.9 Å². The van der Waals surface area contributed by atoms with Crippen molar-refractivity contribution in [1.82, 2.24) is 10.6 Å². The Labute approximate surface area is 119 Å². The van der Waals surface area contributed by atoms with Crippen molar-refractivity contribution in [3.05, 3.63) is 35.4 Å². The van der Waals surface area contributed by atoms with E-state index in [0.29, 0.717) is 13.0 Å². The molecule has 0 saturated heterocycles. The lowest BCUT2D eigenvalue weighted by Crippen LogP contribution is -2.39. The van der Waals surface area contributed by atoms with E-state index < -0.39 is 11.9 Å². The van der Waals surface area contributed by atoms with Gasteiger partial charge in [-0.3, -0.25) is 4.79 Å². The zero-order chi connectivity index (χ0) is 15.0. The Bertz CT molecular complexity index is 460. The first-order valence-corrected chi connectivity index (χ1v) is 6.83. The van der Waals surface area contributed by atoms with Crippen LogP contribution in [0.4, 0.5) is 4.79 Å². The van der Waals surface area contributed by atoms with E-state index in [1.54, 1.807) is 0 Å². The van der Waals surface area contributed by atoms with E-state index in [2.05, 4.69) is 10.6 Å². The molecule has 0 spiro atoms. The van der Waals surface area contributed by atoms with E-state index in [1.165, 1.54) is 0 Å². The lowest BCUT2D eigenvalue weighted by Gasteiger charge is -2.13. The second-order valence-electron chi connectivity index (χ2n) is 4.81. The Morgan fingerprint density at radius 1 is 1.25 bits per heavy atom. The maximum absolute atomic E-state index is 11.6. The van der Waals surface area contributed by atoms with E-state index in [9.17, 15) is 9.59 Å². The summed E-state index contributed by atoms with van der Waals surface area (Å²) in [5.74, 6) is -1.39. The number of aliphatic carboxylic acids is 1. The van der Waals surface area contributed by atoms with Gasteiger partial charge in [0.25, 0.3) is 0 Å². The van der Waals surface area contributed by atoms with Crippen LogP contribution < -0.4 is 10.6 Å². The van der Waals surface area contributed by atoms with Crippen molar-refractivity contribution in [2.45, 2.75) is 33.2 Å². The van der Waals surface area contributed by atoms with Crippen LogP contribution in [0.3, 0.4) is 0 Å². The molecule has 2 amide bonds. The van der Waals surface area contributed by atoms with Crippen LogP contribution >= 0.6 is 0 Å². The van der Waals surface area contributed by atoms with Gasteiger partial charge in [0.05, 0.1) is 5.92 Å². The number of rotatable bonds is 7. The van der Waals surface area contributed by atoms with Crippen LogP contribution in [0.2, 0.25) is 0 Å². The minimum Gasteiger partial charge on any atom is -0.481 e. The van der Waals surface area contributed by atoms with Crippen molar-refractivity contribution in [3.63, 3.8) is 0 Å². The molecule has 1 atom stereocenters. The number of hydrogen-bond acceptors (Lipinski definition) is 2. The number of carbonyl (C=O) groups is 2. The van der Waals surface area contributed by atoms with Crippen molar-refractivity contribution in [2.75, 3.05) is 6.54 Å². The van der Waals surface area contributed by atoms with Crippen LogP contribution in [0.15, 0.2) is 24.3 Å². The Morgan fingerprint density at radius 3 is 2.55 bits per heavy atom. The number of nitrogens with one attached hydrogen (secondary N) is 2. The Hall–Kier alpha value is -2.04. The van der Waals surface area contributed by atoms with Gasteiger partial charge in [-0.2, -0.15) is 0 Å². The molecule has 5 nitrogen and oxygen atoms in total. The number of carbonyl (C=O) groups excluding carboxylic acids is 1. The molecule has 0 aliphatic rings. The van der Waals surface area contributed by atoms with Crippen LogP contribution in [-0.4, -0.2) is 23.7 Å². The predicted octanol–water partition coefficient (Wildman–Crippen LogP) is 2.30. The second-order valence-corrected chi connectivity index (χ2v) is 4.81. The average molecular weight is 278 g/mol. The summed E-state index contributed by atoms with van der Waals surface area (Å²) >= 11 is 0. The number of aryl methyl sites for hydroxylation is 1. The number of carboxylic acids is 1. The van der Waals surface area contributed by atoms with Crippen LogP contribution in [0.5, 0.6) is 0 Å². The van der Waals surface area contributed by atoms with E-state index >= 15 is 0 Å². The Morgan fingerprint density at radius 2 is 1.95 bits per heavy atom. The van der Waals surface area contributed by atoms with Gasteiger partial charge in [-0.15, -0.1) is 0 Å². The van der Waals surface area contributed by atoms with Crippen molar-refractivity contribution < 1.29 is 14.7 Å². The summed E-state index contributed by atoms with van der Waals surface area (Å²) in [6, 6.07) is 7.46. The predicted molar refractivity (Wildman–Crippen MR) is 77.5 cm³/mol. The molecule has 0 fully saturated rings. The lowest BCUT2D eigenvalue weighted by atomic mass is 10.0. The summed E-state index contributed by atoms with van der Waals surface area (Å²) in [6.07, 6.45) is 1.34. The Kier molecular flexibility index (Phi) is 6.56. The van der Waals surface area contributed by atoms with Crippen molar-refractivity contribution in [2.24, 2.45) is 5.92 Å². The molecule has 0 aliphatic heterocycles. The molecular weight excluding hydrogens is 256 g/mol. The van der Waals surface area contributed by atoms with Crippen molar-refractivity contribution in [3.8, 4) is 0 Å². The normalized spacial score (nSPS) is 11.7. The summed E-state index contributed by atoms with van der Waals surface area (Å²) in [5.41, 5.74) is 2.16. The summed E-state index contributed by atoms with van der Waals surface area (Å²) in [5, 5.41) is 14.3. The molecule has 1 aromatic rings. The molecule has 0 aliphatic carbocycles. The minimum absolute atomic E-state index is 0.156. The SMILES string of the molecule is CCCC(CNC(=O)NCc1ccccc1C)C(=O)O. The van der Waals surface area contributed by atoms with Gasteiger partial charge >= 0.3 is 12.0 Å². The van der Waals surface area contributed by atoms with Gasteiger partial charge in [0.15, 0.2) is 0 Å². The molecule has 1 aromatic carbocycles. The molecule has 1 rings (SSSR count). The highest BCUT2D eigenvalue weighted by Crippen LogP contribution is 2.06. The minimum atomic E-state index is -0.869. The number of amides is 2. The number of urea groups is 1. The van der Waals surface area contributed by atoms with Crippen LogP contribution in [-0.2, 0) is 11.3 Å². The van der Waals surface area contributed by atoms with Gasteiger partial charge < -0.3 is 15.7 Å². The first kappa shape index (κ1) is 16.0. The third-order valence-electron chi connectivity index (χ3n) is 3.20. The van der Waals surface area contributed by atoms with Gasteiger partial charge in [-0.1, -0.05) is 37.6 Å². The summed E-state index contributed by atoms with van der Waals surface area (Å²) in [7, 11) is 0. The van der Waals surface area contributed by atoms with Gasteiger partial charge in [0.2, 0.25) is 0 Å². The number of benzene rings is 1.